The van der Waals surface area contributed by atoms with E-state index in [9.17, 15) is 4.79 Å². The van der Waals surface area contributed by atoms with Gasteiger partial charge in [0.25, 0.3) is 0 Å². The first-order valence-electron chi connectivity index (χ1n) is 7.96. The van der Waals surface area contributed by atoms with Crippen LogP contribution in [0.15, 0.2) is 12.1 Å². The highest BCUT2D eigenvalue weighted by atomic mass is 16.7. The summed E-state index contributed by atoms with van der Waals surface area (Å²) in [6, 6.07) is 3.40. The molecule has 0 radical (unpaired) electrons. The van der Waals surface area contributed by atoms with Crippen LogP contribution >= 0.6 is 0 Å². The summed E-state index contributed by atoms with van der Waals surface area (Å²) in [5.41, 5.74) is -0.185. The first-order valence-corrected chi connectivity index (χ1v) is 7.96. The molecule has 0 N–H and O–H groups in total. The van der Waals surface area contributed by atoms with Crippen LogP contribution in [-0.2, 0) is 14.0 Å². The van der Waals surface area contributed by atoms with Gasteiger partial charge in [-0.25, -0.2) is 4.79 Å². The lowest BCUT2D eigenvalue weighted by Crippen LogP contribution is -2.45. The highest BCUT2D eigenvalue weighted by Gasteiger charge is 2.53. The van der Waals surface area contributed by atoms with Crippen molar-refractivity contribution >= 4 is 18.6 Å². The standard InChI is InChI=1S/C17H23BO6/c1-15(2)16(3,4)24-18(23-15)11-8-10(20-7)9-12-13(11)14(19)22-17(5,6)21-12/h8-9H,1-7H3. The fourth-order valence-corrected chi connectivity index (χ4v) is 2.74. The molecule has 0 amide bonds. The monoisotopic (exact) mass is 334 g/mol. The molecule has 1 saturated heterocycles. The Morgan fingerprint density at radius 3 is 2.08 bits per heavy atom. The Morgan fingerprint density at radius 2 is 1.54 bits per heavy atom. The Morgan fingerprint density at radius 1 is 0.958 bits per heavy atom. The molecule has 0 aliphatic carbocycles. The maximum atomic E-state index is 12.5. The zero-order chi connectivity index (χ0) is 17.9. The quantitative estimate of drug-likeness (QED) is 0.611. The van der Waals surface area contributed by atoms with Crippen LogP contribution in [0.3, 0.4) is 0 Å². The van der Waals surface area contributed by atoms with E-state index >= 15 is 0 Å². The van der Waals surface area contributed by atoms with Crippen LogP contribution in [0.2, 0.25) is 0 Å². The zero-order valence-electron chi connectivity index (χ0n) is 15.2. The summed E-state index contributed by atoms with van der Waals surface area (Å²) >= 11 is 0. The van der Waals surface area contributed by atoms with Crippen LogP contribution < -0.4 is 14.9 Å². The summed E-state index contributed by atoms with van der Waals surface area (Å²) < 4.78 is 28.7. The smallest absolute Gasteiger partial charge is 0.496 e. The largest absolute Gasteiger partial charge is 0.497 e. The fraction of sp³-hybridized carbons (Fsp3) is 0.588. The lowest BCUT2D eigenvalue weighted by Gasteiger charge is -2.33. The third kappa shape index (κ3) is 2.65. The van der Waals surface area contributed by atoms with Crippen LogP contribution in [-0.4, -0.2) is 37.2 Å². The van der Waals surface area contributed by atoms with Gasteiger partial charge < -0.3 is 23.5 Å². The van der Waals surface area contributed by atoms with Crippen LogP contribution in [0.4, 0.5) is 0 Å². The van der Waals surface area contributed by atoms with Crippen LogP contribution in [0.5, 0.6) is 11.5 Å². The second-order valence-electron chi connectivity index (χ2n) is 7.57. The van der Waals surface area contributed by atoms with Crippen LogP contribution in [0.25, 0.3) is 0 Å². The van der Waals surface area contributed by atoms with Crippen LogP contribution in [0, 0.1) is 0 Å². The molecule has 0 atom stereocenters. The molecule has 0 unspecified atom stereocenters. The Balaban J connectivity index is 2.11. The third-order valence-electron chi connectivity index (χ3n) is 4.75. The Hall–Kier alpha value is -1.73. The number of ether oxygens (including phenoxy) is 3. The first-order chi connectivity index (χ1) is 11.0. The highest BCUT2D eigenvalue weighted by Crippen LogP contribution is 2.39. The van der Waals surface area contributed by atoms with Crippen molar-refractivity contribution < 1.29 is 28.3 Å². The third-order valence-corrected chi connectivity index (χ3v) is 4.75. The molecular formula is C17H23BO6. The van der Waals surface area contributed by atoms with Crippen molar-refractivity contribution in [1.29, 1.82) is 0 Å². The SMILES string of the molecule is COc1cc2c(c(B3OC(C)(C)C(C)(C)O3)c1)C(=O)OC(C)(C)O2. The summed E-state index contributed by atoms with van der Waals surface area (Å²) in [6.45, 7) is 11.2. The number of cyclic esters (lactones) is 1. The minimum atomic E-state index is -1.04. The second kappa shape index (κ2) is 5.13. The van der Waals surface area contributed by atoms with Crippen LogP contribution in [0.1, 0.15) is 51.9 Å². The van der Waals surface area contributed by atoms with Gasteiger partial charge in [-0.15, -0.1) is 0 Å². The average Bonchev–Trinajstić information content (AvgIpc) is 2.64. The summed E-state index contributed by atoms with van der Waals surface area (Å²) in [5.74, 6) is -0.540. The van der Waals surface area contributed by atoms with E-state index in [1.54, 1.807) is 33.1 Å². The lowest BCUT2D eigenvalue weighted by molar-refractivity contribution is -0.127. The van der Waals surface area contributed by atoms with Gasteiger partial charge in [0.15, 0.2) is 0 Å². The van der Waals surface area contributed by atoms with Crippen molar-refractivity contribution in [3.05, 3.63) is 17.7 Å². The first kappa shape index (κ1) is 17.1. The number of hydrogen-bond donors (Lipinski definition) is 0. The van der Waals surface area contributed by atoms with Gasteiger partial charge in [0.1, 0.15) is 17.1 Å². The molecule has 1 aromatic carbocycles. The Bertz CT molecular complexity index is 679. The highest BCUT2D eigenvalue weighted by molar-refractivity contribution is 6.64. The van der Waals surface area contributed by atoms with E-state index in [1.807, 2.05) is 27.7 Å². The second-order valence-corrected chi connectivity index (χ2v) is 7.57. The van der Waals surface area contributed by atoms with Gasteiger partial charge in [-0.2, -0.15) is 0 Å². The number of fused-ring (bicyclic) bond motifs is 1. The number of esters is 1. The molecule has 1 fully saturated rings. The number of carbonyl (C=O) groups is 1. The van der Waals surface area contributed by atoms with Crippen molar-refractivity contribution in [1.82, 2.24) is 0 Å². The summed E-state index contributed by atoms with van der Waals surface area (Å²) in [4.78, 5) is 12.5. The molecular weight excluding hydrogens is 311 g/mol. The van der Waals surface area contributed by atoms with Crippen molar-refractivity contribution in [3.63, 3.8) is 0 Å². The minimum absolute atomic E-state index is 0.314. The van der Waals surface area contributed by atoms with E-state index in [4.69, 9.17) is 23.5 Å². The molecule has 0 saturated carbocycles. The number of benzene rings is 1. The van der Waals surface area contributed by atoms with Gasteiger partial charge in [-0.05, 0) is 33.8 Å². The summed E-state index contributed by atoms with van der Waals surface area (Å²) in [6.07, 6.45) is 0. The molecule has 2 heterocycles. The number of methoxy groups -OCH3 is 1. The molecule has 7 heteroatoms. The predicted octanol–water partition coefficient (Wildman–Crippen LogP) is 2.28. The van der Waals surface area contributed by atoms with E-state index < -0.39 is 30.1 Å². The summed E-state index contributed by atoms with van der Waals surface area (Å²) in [7, 11) is 0.846. The van der Waals surface area contributed by atoms with Gasteiger partial charge in [0.2, 0.25) is 5.79 Å². The minimum Gasteiger partial charge on any atom is -0.497 e. The number of rotatable bonds is 2. The Kier molecular flexibility index (Phi) is 3.66. The molecule has 0 aromatic heterocycles. The molecule has 6 nitrogen and oxygen atoms in total. The maximum Gasteiger partial charge on any atom is 0.496 e. The lowest BCUT2D eigenvalue weighted by atomic mass is 9.75. The molecule has 2 aliphatic heterocycles. The van der Waals surface area contributed by atoms with E-state index in [-0.39, 0.29) is 0 Å². The number of carbonyl (C=O) groups excluding carboxylic acids is 1. The van der Waals surface area contributed by atoms with Gasteiger partial charge in [-0.1, -0.05) is 0 Å². The van der Waals surface area contributed by atoms with Crippen molar-refractivity contribution in [2.24, 2.45) is 0 Å². The van der Waals surface area contributed by atoms with Gasteiger partial charge in [0.05, 0.1) is 18.3 Å². The van der Waals surface area contributed by atoms with Crippen molar-refractivity contribution in [3.8, 4) is 11.5 Å². The number of hydrogen-bond acceptors (Lipinski definition) is 6. The van der Waals surface area contributed by atoms with Gasteiger partial charge in [-0.3, -0.25) is 0 Å². The topological polar surface area (TPSA) is 63.2 Å². The Labute approximate surface area is 142 Å². The van der Waals surface area contributed by atoms with Crippen molar-refractivity contribution in [2.45, 2.75) is 58.5 Å². The molecule has 24 heavy (non-hydrogen) atoms. The predicted molar refractivity (Wildman–Crippen MR) is 88.8 cm³/mol. The molecule has 1 aromatic rings. The molecule has 0 spiro atoms. The molecule has 0 bridgehead atoms. The van der Waals surface area contributed by atoms with E-state index in [2.05, 4.69) is 0 Å². The molecule has 3 rings (SSSR count). The molecule has 130 valence electrons. The van der Waals surface area contributed by atoms with Crippen molar-refractivity contribution in [2.75, 3.05) is 7.11 Å². The van der Waals surface area contributed by atoms with E-state index in [0.29, 0.717) is 22.5 Å². The van der Waals surface area contributed by atoms with Gasteiger partial charge >= 0.3 is 13.1 Å². The zero-order valence-corrected chi connectivity index (χ0v) is 15.2. The summed E-state index contributed by atoms with van der Waals surface area (Å²) in [5, 5.41) is 0. The van der Waals surface area contributed by atoms with Gasteiger partial charge in [0, 0.05) is 25.4 Å². The fourth-order valence-electron chi connectivity index (χ4n) is 2.74. The molecule has 2 aliphatic rings. The maximum absolute atomic E-state index is 12.5. The van der Waals surface area contributed by atoms with E-state index in [0.717, 1.165) is 0 Å². The van der Waals surface area contributed by atoms with E-state index in [1.165, 1.54) is 0 Å². The normalized spacial score (nSPS) is 23.3. The average molecular weight is 334 g/mol.